The number of rotatable bonds is 4. The number of carbonyl (C=O) groups excluding carboxylic acids is 1. The van der Waals surface area contributed by atoms with Gasteiger partial charge in [0.25, 0.3) is 0 Å². The minimum atomic E-state index is -0.292. The van der Waals surface area contributed by atoms with Crippen LogP contribution in [0.1, 0.15) is 23.6 Å². The Hall–Kier alpha value is -2.45. The van der Waals surface area contributed by atoms with Crippen LogP contribution in [-0.4, -0.2) is 26.4 Å². The predicted octanol–water partition coefficient (Wildman–Crippen LogP) is 4.41. The first-order valence-corrected chi connectivity index (χ1v) is 10.3. The van der Waals surface area contributed by atoms with Crippen molar-refractivity contribution in [1.82, 2.24) is 20.1 Å². The Morgan fingerprint density at radius 3 is 3.07 bits per heavy atom. The molecule has 2 aromatic carbocycles. The zero-order valence-electron chi connectivity index (χ0n) is 15.2. The summed E-state index contributed by atoms with van der Waals surface area (Å²) in [4.78, 5) is 13.8. The first-order chi connectivity index (χ1) is 13.5. The summed E-state index contributed by atoms with van der Waals surface area (Å²) in [5.74, 6) is 1.02. The van der Waals surface area contributed by atoms with E-state index in [2.05, 4.69) is 15.5 Å². The quantitative estimate of drug-likeness (QED) is 0.621. The van der Waals surface area contributed by atoms with E-state index in [-0.39, 0.29) is 24.3 Å². The molecule has 2 N–H and O–H groups in total. The molecule has 0 saturated heterocycles. The van der Waals surface area contributed by atoms with Crippen molar-refractivity contribution in [2.24, 2.45) is 0 Å². The zero-order valence-corrected chi connectivity index (χ0v) is 16.9. The van der Waals surface area contributed by atoms with E-state index in [0.717, 1.165) is 33.8 Å². The van der Waals surface area contributed by atoms with Crippen LogP contribution >= 0.6 is 24.0 Å². The van der Waals surface area contributed by atoms with Crippen LogP contribution in [0.5, 0.6) is 0 Å². The number of benzene rings is 2. The molecule has 0 bridgehead atoms. The van der Waals surface area contributed by atoms with Crippen molar-refractivity contribution in [2.45, 2.75) is 30.8 Å². The normalized spacial score (nSPS) is 15.9. The van der Waals surface area contributed by atoms with Gasteiger partial charge in [-0.05, 0) is 55.4 Å². The van der Waals surface area contributed by atoms with Gasteiger partial charge < -0.3 is 5.32 Å². The SMILES string of the molecule is Cc1cccc(-c2n[nH]c(=S)n2CC(=O)NC2CCSc3ccc(F)cc32)c1. The summed E-state index contributed by atoms with van der Waals surface area (Å²) in [7, 11) is 0. The second kappa shape index (κ2) is 7.89. The number of aryl methyl sites for hydroxylation is 1. The molecule has 0 aliphatic carbocycles. The third-order valence-electron chi connectivity index (χ3n) is 4.68. The summed E-state index contributed by atoms with van der Waals surface area (Å²) in [6, 6.07) is 12.4. The van der Waals surface area contributed by atoms with Crippen LogP contribution in [0.15, 0.2) is 47.4 Å². The third-order valence-corrected chi connectivity index (χ3v) is 6.12. The summed E-state index contributed by atoms with van der Waals surface area (Å²) >= 11 is 7.00. The van der Waals surface area contributed by atoms with E-state index in [1.807, 2.05) is 31.2 Å². The molecule has 2 heterocycles. The average Bonchev–Trinajstić information content (AvgIpc) is 3.02. The number of carbonyl (C=O) groups is 1. The smallest absolute Gasteiger partial charge is 0.240 e. The Kier molecular flexibility index (Phi) is 5.32. The zero-order chi connectivity index (χ0) is 19.7. The highest BCUT2D eigenvalue weighted by Crippen LogP contribution is 2.36. The second-order valence-corrected chi connectivity index (χ2v) is 8.27. The van der Waals surface area contributed by atoms with Crippen LogP contribution in [-0.2, 0) is 11.3 Å². The Balaban J connectivity index is 1.56. The molecule has 144 valence electrons. The van der Waals surface area contributed by atoms with Crippen LogP contribution in [0.2, 0.25) is 0 Å². The monoisotopic (exact) mass is 414 g/mol. The summed E-state index contributed by atoms with van der Waals surface area (Å²) in [6.45, 7) is 2.05. The Bertz CT molecular complexity index is 1090. The lowest BCUT2D eigenvalue weighted by Gasteiger charge is -2.26. The van der Waals surface area contributed by atoms with Crippen molar-refractivity contribution >= 4 is 29.9 Å². The number of fused-ring (bicyclic) bond motifs is 1. The minimum absolute atomic E-state index is 0.0485. The molecule has 4 rings (SSSR count). The fourth-order valence-electron chi connectivity index (χ4n) is 3.37. The summed E-state index contributed by atoms with van der Waals surface area (Å²) in [6.07, 6.45) is 0.758. The molecule has 3 aromatic rings. The van der Waals surface area contributed by atoms with Gasteiger partial charge in [-0.15, -0.1) is 11.8 Å². The van der Waals surface area contributed by atoms with Gasteiger partial charge in [-0.1, -0.05) is 23.8 Å². The molecule has 1 aliphatic heterocycles. The van der Waals surface area contributed by atoms with Crippen molar-refractivity contribution < 1.29 is 9.18 Å². The van der Waals surface area contributed by atoms with Gasteiger partial charge in [0.05, 0.1) is 6.04 Å². The molecular weight excluding hydrogens is 395 g/mol. The molecule has 5 nitrogen and oxygen atoms in total. The number of halogens is 1. The number of thioether (sulfide) groups is 1. The maximum Gasteiger partial charge on any atom is 0.240 e. The first kappa shape index (κ1) is 18.9. The van der Waals surface area contributed by atoms with E-state index >= 15 is 0 Å². The Morgan fingerprint density at radius 1 is 1.39 bits per heavy atom. The van der Waals surface area contributed by atoms with Crippen LogP contribution in [0.25, 0.3) is 11.4 Å². The van der Waals surface area contributed by atoms with Gasteiger partial charge >= 0.3 is 0 Å². The van der Waals surface area contributed by atoms with Gasteiger partial charge in [-0.25, -0.2) is 4.39 Å². The van der Waals surface area contributed by atoms with E-state index in [0.29, 0.717) is 10.6 Å². The second-order valence-electron chi connectivity index (χ2n) is 6.75. The molecule has 1 amide bonds. The Morgan fingerprint density at radius 2 is 2.25 bits per heavy atom. The third kappa shape index (κ3) is 3.88. The number of hydrogen-bond donors (Lipinski definition) is 2. The largest absolute Gasteiger partial charge is 0.348 e. The number of nitrogens with one attached hydrogen (secondary N) is 2. The van der Waals surface area contributed by atoms with E-state index in [4.69, 9.17) is 12.2 Å². The summed E-state index contributed by atoms with van der Waals surface area (Å²) in [5.41, 5.74) is 2.82. The van der Waals surface area contributed by atoms with Gasteiger partial charge in [0.2, 0.25) is 5.91 Å². The molecule has 0 saturated carbocycles. The van der Waals surface area contributed by atoms with Gasteiger partial charge in [0, 0.05) is 16.2 Å². The van der Waals surface area contributed by atoms with Gasteiger partial charge in [-0.2, -0.15) is 5.10 Å². The Labute approximate surface area is 171 Å². The summed E-state index contributed by atoms with van der Waals surface area (Å²) < 4.78 is 15.8. The minimum Gasteiger partial charge on any atom is -0.348 e. The maximum absolute atomic E-state index is 13.7. The lowest BCUT2D eigenvalue weighted by atomic mass is 10.0. The van der Waals surface area contributed by atoms with E-state index in [1.54, 1.807) is 22.4 Å². The van der Waals surface area contributed by atoms with Crippen molar-refractivity contribution in [3.8, 4) is 11.4 Å². The number of hydrogen-bond acceptors (Lipinski definition) is 4. The topological polar surface area (TPSA) is 62.7 Å². The maximum atomic E-state index is 13.7. The number of aromatic nitrogens is 3. The molecule has 0 fully saturated rings. The molecule has 28 heavy (non-hydrogen) atoms. The summed E-state index contributed by atoms with van der Waals surface area (Å²) in [5, 5.41) is 10.1. The molecule has 1 atom stereocenters. The van der Waals surface area contributed by atoms with Crippen molar-refractivity contribution in [1.29, 1.82) is 0 Å². The fraction of sp³-hybridized carbons (Fsp3) is 0.250. The van der Waals surface area contributed by atoms with Crippen molar-refractivity contribution in [2.75, 3.05) is 5.75 Å². The molecule has 1 unspecified atom stereocenters. The van der Waals surface area contributed by atoms with Crippen LogP contribution in [0.3, 0.4) is 0 Å². The van der Waals surface area contributed by atoms with E-state index < -0.39 is 0 Å². The first-order valence-electron chi connectivity index (χ1n) is 8.95. The van der Waals surface area contributed by atoms with E-state index in [1.165, 1.54) is 12.1 Å². The van der Waals surface area contributed by atoms with Crippen LogP contribution in [0, 0.1) is 17.5 Å². The van der Waals surface area contributed by atoms with Crippen molar-refractivity contribution in [3.05, 3.63) is 64.2 Å². The van der Waals surface area contributed by atoms with Gasteiger partial charge in [0.1, 0.15) is 12.4 Å². The molecule has 0 radical (unpaired) electrons. The fourth-order valence-corrected chi connectivity index (χ4v) is 4.67. The average molecular weight is 415 g/mol. The number of nitrogens with zero attached hydrogens (tertiary/aromatic N) is 2. The lowest BCUT2D eigenvalue weighted by Crippen LogP contribution is -2.33. The molecule has 8 heteroatoms. The van der Waals surface area contributed by atoms with Crippen LogP contribution < -0.4 is 5.32 Å². The molecule has 1 aromatic heterocycles. The highest BCUT2D eigenvalue weighted by Gasteiger charge is 2.23. The number of H-pyrrole nitrogens is 1. The van der Waals surface area contributed by atoms with Gasteiger partial charge in [-0.3, -0.25) is 14.5 Å². The molecule has 0 spiro atoms. The predicted molar refractivity (Wildman–Crippen MR) is 110 cm³/mol. The highest BCUT2D eigenvalue weighted by molar-refractivity contribution is 7.99. The molecular formula is C20H19FN4OS2. The van der Waals surface area contributed by atoms with Gasteiger partial charge in [0.15, 0.2) is 10.6 Å². The highest BCUT2D eigenvalue weighted by atomic mass is 32.2. The standard InChI is InChI=1S/C20H19FN4OS2/c1-12-3-2-4-13(9-12)19-23-24-20(27)25(19)11-18(26)22-16-7-8-28-17-6-5-14(21)10-15(16)17/h2-6,9-10,16H,7-8,11H2,1H3,(H,22,26)(H,24,27). The molecule has 1 aliphatic rings. The lowest BCUT2D eigenvalue weighted by molar-refractivity contribution is -0.122. The number of aromatic amines is 1. The van der Waals surface area contributed by atoms with Crippen LogP contribution in [0.4, 0.5) is 4.39 Å². The van der Waals surface area contributed by atoms with Crippen molar-refractivity contribution in [3.63, 3.8) is 0 Å². The number of amides is 1. The van der Waals surface area contributed by atoms with E-state index in [9.17, 15) is 9.18 Å².